The molecule has 90 valence electrons. The molecule has 3 nitrogen and oxygen atoms in total. The van der Waals surface area contributed by atoms with Crippen molar-refractivity contribution < 1.29 is 4.79 Å². The van der Waals surface area contributed by atoms with E-state index in [1.807, 2.05) is 13.8 Å². The Morgan fingerprint density at radius 1 is 1.50 bits per heavy atom. The Bertz CT molecular complexity index is 349. The van der Waals surface area contributed by atoms with Gasteiger partial charge in [0, 0.05) is 15.7 Å². The summed E-state index contributed by atoms with van der Waals surface area (Å²) in [5.74, 6) is 0.0810. The highest BCUT2D eigenvalue weighted by atomic mass is 32.1. The number of nitrogens with two attached hydrogens (primary N) is 1. The molecule has 0 bridgehead atoms. The normalized spacial score (nSPS) is 14.5. The smallest absolute Gasteiger partial charge is 0.223 e. The molecule has 16 heavy (non-hydrogen) atoms. The van der Waals surface area contributed by atoms with Gasteiger partial charge in [0.05, 0.1) is 6.04 Å². The van der Waals surface area contributed by atoms with Crippen molar-refractivity contribution in [2.45, 2.75) is 33.2 Å². The van der Waals surface area contributed by atoms with E-state index in [2.05, 4.69) is 24.4 Å². The second kappa shape index (κ2) is 6.01. The maximum atomic E-state index is 11.8. The minimum atomic E-state index is -0.00601. The third-order valence-corrected chi connectivity index (χ3v) is 3.78. The van der Waals surface area contributed by atoms with Gasteiger partial charge in [0.1, 0.15) is 0 Å². The molecule has 0 saturated heterocycles. The molecule has 0 aliphatic carbocycles. The Labute approximate surface area is 101 Å². The molecule has 0 aromatic carbocycles. The highest BCUT2D eigenvalue weighted by molar-refractivity contribution is 7.12. The summed E-state index contributed by atoms with van der Waals surface area (Å²) < 4.78 is 0. The average molecular weight is 240 g/mol. The third-order valence-electron chi connectivity index (χ3n) is 2.59. The van der Waals surface area contributed by atoms with Crippen molar-refractivity contribution in [3.8, 4) is 0 Å². The average Bonchev–Trinajstić information content (AvgIpc) is 2.65. The first kappa shape index (κ1) is 13.2. The molecule has 1 amide bonds. The van der Waals surface area contributed by atoms with Gasteiger partial charge >= 0.3 is 0 Å². The van der Waals surface area contributed by atoms with Gasteiger partial charge in [0.2, 0.25) is 5.91 Å². The topological polar surface area (TPSA) is 55.1 Å². The molecule has 1 aromatic rings. The fourth-order valence-electron chi connectivity index (χ4n) is 1.49. The molecule has 1 aromatic heterocycles. The predicted octanol–water partition coefficient (Wildman–Crippen LogP) is 2.22. The van der Waals surface area contributed by atoms with E-state index in [0.717, 1.165) is 6.42 Å². The van der Waals surface area contributed by atoms with Crippen LogP contribution in [0.5, 0.6) is 0 Å². The van der Waals surface area contributed by atoms with Gasteiger partial charge in [0.15, 0.2) is 0 Å². The van der Waals surface area contributed by atoms with Crippen LogP contribution in [0.2, 0.25) is 0 Å². The Kier molecular flexibility index (Phi) is 4.96. The number of hydrogen-bond acceptors (Lipinski definition) is 3. The van der Waals surface area contributed by atoms with Gasteiger partial charge in [-0.2, -0.15) is 0 Å². The van der Waals surface area contributed by atoms with Crippen molar-refractivity contribution >= 4 is 17.2 Å². The summed E-state index contributed by atoms with van der Waals surface area (Å²) >= 11 is 1.72. The number of amides is 1. The van der Waals surface area contributed by atoms with Crippen LogP contribution in [0.3, 0.4) is 0 Å². The van der Waals surface area contributed by atoms with Gasteiger partial charge in [-0.1, -0.05) is 6.92 Å². The highest BCUT2D eigenvalue weighted by Crippen LogP contribution is 2.22. The molecule has 1 heterocycles. The predicted molar refractivity (Wildman–Crippen MR) is 68.4 cm³/mol. The minimum Gasteiger partial charge on any atom is -0.349 e. The number of aryl methyl sites for hydroxylation is 1. The Hall–Kier alpha value is -0.870. The molecular weight excluding hydrogens is 220 g/mol. The third kappa shape index (κ3) is 3.61. The van der Waals surface area contributed by atoms with E-state index in [4.69, 9.17) is 5.73 Å². The van der Waals surface area contributed by atoms with Gasteiger partial charge in [0.25, 0.3) is 0 Å². The molecule has 2 unspecified atom stereocenters. The van der Waals surface area contributed by atoms with E-state index in [9.17, 15) is 4.79 Å². The van der Waals surface area contributed by atoms with Crippen molar-refractivity contribution in [1.82, 2.24) is 5.32 Å². The number of nitrogens with one attached hydrogen (secondary N) is 1. The van der Waals surface area contributed by atoms with Crippen LogP contribution in [0.15, 0.2) is 12.1 Å². The number of carbonyl (C=O) groups is 1. The molecule has 0 saturated carbocycles. The van der Waals surface area contributed by atoms with Crippen molar-refractivity contribution in [2.24, 2.45) is 11.7 Å². The molecule has 0 fully saturated rings. The molecule has 3 N–H and O–H groups in total. The van der Waals surface area contributed by atoms with Crippen LogP contribution in [-0.4, -0.2) is 12.5 Å². The van der Waals surface area contributed by atoms with Crippen LogP contribution in [0, 0.1) is 12.8 Å². The van der Waals surface area contributed by atoms with Crippen molar-refractivity contribution in [2.75, 3.05) is 6.54 Å². The zero-order chi connectivity index (χ0) is 12.1. The number of hydrogen-bond donors (Lipinski definition) is 2. The summed E-state index contributed by atoms with van der Waals surface area (Å²) in [5.41, 5.74) is 5.43. The van der Waals surface area contributed by atoms with Crippen molar-refractivity contribution in [3.63, 3.8) is 0 Å². The van der Waals surface area contributed by atoms with E-state index in [-0.39, 0.29) is 17.9 Å². The first-order valence-corrected chi connectivity index (χ1v) is 6.43. The maximum absolute atomic E-state index is 11.8. The lowest BCUT2D eigenvalue weighted by atomic mass is 10.1. The van der Waals surface area contributed by atoms with Gasteiger partial charge in [-0.15, -0.1) is 11.3 Å². The SMILES string of the molecule is Cc1ccc(C(C)NC(=O)C(C)CCN)s1. The van der Waals surface area contributed by atoms with E-state index in [0.29, 0.717) is 6.54 Å². The van der Waals surface area contributed by atoms with E-state index in [1.54, 1.807) is 11.3 Å². The first-order valence-electron chi connectivity index (χ1n) is 5.61. The van der Waals surface area contributed by atoms with Gasteiger partial charge in [-0.3, -0.25) is 4.79 Å². The maximum Gasteiger partial charge on any atom is 0.223 e. The molecule has 0 aliphatic heterocycles. The van der Waals surface area contributed by atoms with Crippen molar-refractivity contribution in [1.29, 1.82) is 0 Å². The fraction of sp³-hybridized carbons (Fsp3) is 0.583. The molecule has 0 aliphatic rings. The zero-order valence-electron chi connectivity index (χ0n) is 10.1. The largest absolute Gasteiger partial charge is 0.349 e. The van der Waals surface area contributed by atoms with E-state index < -0.39 is 0 Å². The number of carbonyl (C=O) groups excluding carboxylic acids is 1. The number of rotatable bonds is 5. The highest BCUT2D eigenvalue weighted by Gasteiger charge is 2.16. The van der Waals surface area contributed by atoms with Crippen LogP contribution in [0.1, 0.15) is 36.1 Å². The van der Waals surface area contributed by atoms with Crippen LogP contribution in [-0.2, 0) is 4.79 Å². The lowest BCUT2D eigenvalue weighted by molar-refractivity contribution is -0.125. The van der Waals surface area contributed by atoms with Crippen LogP contribution in [0.4, 0.5) is 0 Å². The first-order chi connectivity index (χ1) is 7.54. The van der Waals surface area contributed by atoms with E-state index >= 15 is 0 Å². The lowest BCUT2D eigenvalue weighted by Crippen LogP contribution is -2.32. The summed E-state index contributed by atoms with van der Waals surface area (Å²) in [6, 6.07) is 4.23. The van der Waals surface area contributed by atoms with Crippen molar-refractivity contribution in [3.05, 3.63) is 21.9 Å². The molecule has 4 heteroatoms. The standard InChI is InChI=1S/C12H20N2OS/c1-8(6-7-13)12(15)14-10(3)11-5-4-9(2)16-11/h4-5,8,10H,6-7,13H2,1-3H3,(H,14,15). The summed E-state index contributed by atoms with van der Waals surface area (Å²) in [6.07, 6.45) is 0.738. The Morgan fingerprint density at radius 2 is 2.19 bits per heavy atom. The summed E-state index contributed by atoms with van der Waals surface area (Å²) in [6.45, 7) is 6.55. The quantitative estimate of drug-likeness (QED) is 0.829. The second-order valence-corrected chi connectivity index (χ2v) is 5.48. The minimum absolute atomic E-state index is 0.00601. The molecular formula is C12H20N2OS. The molecule has 0 spiro atoms. The van der Waals surface area contributed by atoms with Crippen LogP contribution in [0.25, 0.3) is 0 Å². The fourth-order valence-corrected chi connectivity index (χ4v) is 2.37. The second-order valence-electron chi connectivity index (χ2n) is 4.16. The van der Waals surface area contributed by atoms with Gasteiger partial charge in [-0.05, 0) is 38.9 Å². The van der Waals surface area contributed by atoms with Gasteiger partial charge in [-0.25, -0.2) is 0 Å². The van der Waals surface area contributed by atoms with Crippen LogP contribution < -0.4 is 11.1 Å². The molecule has 1 rings (SSSR count). The summed E-state index contributed by atoms with van der Waals surface area (Å²) in [5, 5.41) is 3.01. The molecule has 2 atom stereocenters. The summed E-state index contributed by atoms with van der Waals surface area (Å²) in [4.78, 5) is 14.2. The Morgan fingerprint density at radius 3 is 2.69 bits per heavy atom. The van der Waals surface area contributed by atoms with Gasteiger partial charge < -0.3 is 11.1 Å². The summed E-state index contributed by atoms with van der Waals surface area (Å²) in [7, 11) is 0. The zero-order valence-corrected chi connectivity index (χ0v) is 10.9. The molecule has 0 radical (unpaired) electrons. The number of thiophene rings is 1. The van der Waals surface area contributed by atoms with Crippen LogP contribution >= 0.6 is 11.3 Å². The Balaban J connectivity index is 2.51. The monoisotopic (exact) mass is 240 g/mol. The lowest BCUT2D eigenvalue weighted by Gasteiger charge is -2.16. The van der Waals surface area contributed by atoms with E-state index in [1.165, 1.54) is 9.75 Å².